The third kappa shape index (κ3) is 5.71. The molecule has 2 aliphatic carbocycles. The number of pyridine rings is 1. The maximum atomic E-state index is 14.6. The van der Waals surface area contributed by atoms with Gasteiger partial charge in [-0.3, -0.25) is 14.6 Å². The molecule has 2 aliphatic rings. The predicted octanol–water partition coefficient (Wildman–Crippen LogP) is 6.13. The van der Waals surface area contributed by atoms with Gasteiger partial charge in [0.15, 0.2) is 11.7 Å². The Morgan fingerprint density at radius 1 is 1.15 bits per heavy atom. The number of methoxy groups -OCH3 is 1. The Kier molecular flexibility index (Phi) is 8.40. The minimum absolute atomic E-state index is 0.0542. The van der Waals surface area contributed by atoms with Crippen molar-refractivity contribution in [2.75, 3.05) is 14.2 Å². The molecule has 0 radical (unpaired) electrons. The van der Waals surface area contributed by atoms with Crippen LogP contribution in [-0.4, -0.2) is 47.9 Å². The average molecular weight is 597 g/mol. The van der Waals surface area contributed by atoms with Gasteiger partial charge in [-0.2, -0.15) is 8.78 Å². The number of rotatable bonds is 8. The van der Waals surface area contributed by atoms with E-state index in [0.717, 1.165) is 48.1 Å². The van der Waals surface area contributed by atoms with Crippen LogP contribution in [0.25, 0.3) is 22.8 Å². The number of amides is 2. The van der Waals surface area contributed by atoms with Gasteiger partial charge in [-0.25, -0.2) is 0 Å². The molecular formula is C30H27ClF2N4O3S. The molecule has 5 rings (SSSR count). The number of thiophene rings is 1. The van der Waals surface area contributed by atoms with Gasteiger partial charge in [0.2, 0.25) is 0 Å². The highest BCUT2D eigenvalue weighted by molar-refractivity contribution is 7.16. The molecule has 0 spiro atoms. The van der Waals surface area contributed by atoms with Crippen LogP contribution in [0.2, 0.25) is 5.02 Å². The second kappa shape index (κ2) is 12.0. The molecule has 41 heavy (non-hydrogen) atoms. The number of ether oxygens (including phenoxy) is 1. The zero-order valence-corrected chi connectivity index (χ0v) is 24.0. The maximum absolute atomic E-state index is 14.6. The summed E-state index contributed by atoms with van der Waals surface area (Å²) in [5, 5.41) is 3.16. The second-order valence-corrected chi connectivity index (χ2v) is 11.3. The van der Waals surface area contributed by atoms with E-state index in [4.69, 9.17) is 22.1 Å². The number of benzene rings is 1. The molecule has 1 aromatic carbocycles. The van der Waals surface area contributed by atoms with E-state index in [9.17, 15) is 18.4 Å². The topological polar surface area (TPSA) is 97.6 Å². The number of aromatic nitrogens is 1. The molecule has 212 valence electrons. The van der Waals surface area contributed by atoms with Crippen LogP contribution in [0.15, 0.2) is 48.0 Å². The Morgan fingerprint density at radius 2 is 1.85 bits per heavy atom. The van der Waals surface area contributed by atoms with E-state index in [1.54, 1.807) is 30.2 Å². The minimum atomic E-state index is -0.857. The van der Waals surface area contributed by atoms with Crippen LogP contribution >= 0.6 is 22.9 Å². The lowest BCUT2D eigenvalue weighted by Crippen LogP contribution is -2.44. The van der Waals surface area contributed by atoms with E-state index in [-0.39, 0.29) is 38.6 Å². The highest BCUT2D eigenvalue weighted by Gasteiger charge is 2.35. The van der Waals surface area contributed by atoms with Gasteiger partial charge >= 0.3 is 0 Å². The van der Waals surface area contributed by atoms with Crippen LogP contribution in [-0.2, 0) is 6.54 Å². The summed E-state index contributed by atoms with van der Waals surface area (Å²) in [5.74, 6) is -2.17. The standard InChI is InChI=1S/C30H27ClF2N4O3S/c1-35-19-4-6-20(7-5-19)37(30(39)28-26(31)25-21(32)8-9-22(33)27(25)41-28)15-18-13-16(3-10-24(18)40-2)17-11-12-36-23(14-17)29(34)38/h3,10-14,19-20,35H,4-7,15H2,1-2H3,(H2,34,38). The van der Waals surface area contributed by atoms with E-state index < -0.39 is 23.5 Å². The number of nitrogens with two attached hydrogens (primary N) is 1. The van der Waals surface area contributed by atoms with Gasteiger partial charge in [-0.1, -0.05) is 17.7 Å². The van der Waals surface area contributed by atoms with Gasteiger partial charge in [0.05, 0.1) is 22.6 Å². The first-order valence-corrected chi connectivity index (χ1v) is 14.2. The van der Waals surface area contributed by atoms with Gasteiger partial charge in [-0.15, -0.1) is 11.3 Å². The fourth-order valence-electron chi connectivity index (χ4n) is 5.31. The lowest BCUT2D eigenvalue weighted by atomic mass is 9.89. The number of nitrogens with zero attached hydrogens (tertiary/aromatic N) is 2. The Bertz CT molecular complexity index is 1630. The summed E-state index contributed by atoms with van der Waals surface area (Å²) in [5.41, 5.74) is 11.8. The number of carbonyl (C=O) groups is 2. The van der Waals surface area contributed by atoms with Crippen molar-refractivity contribution in [1.82, 2.24) is 15.2 Å². The van der Waals surface area contributed by atoms with E-state index >= 15 is 0 Å². The third-order valence-electron chi connectivity index (χ3n) is 7.52. The van der Waals surface area contributed by atoms with Crippen molar-refractivity contribution in [3.05, 3.63) is 79.6 Å². The molecule has 3 aromatic rings. The molecule has 0 saturated heterocycles. The van der Waals surface area contributed by atoms with Crippen molar-refractivity contribution >= 4 is 46.4 Å². The van der Waals surface area contributed by atoms with Gasteiger partial charge in [0.1, 0.15) is 16.3 Å². The summed E-state index contributed by atoms with van der Waals surface area (Å²) in [6.07, 6.45) is 4.70. The molecule has 2 heterocycles. The van der Waals surface area contributed by atoms with Gasteiger partial charge in [-0.05, 0) is 79.6 Å². The lowest BCUT2D eigenvalue weighted by Gasteiger charge is -2.37. The van der Waals surface area contributed by atoms with Crippen LogP contribution in [0.5, 0.6) is 5.75 Å². The number of primary amides is 1. The molecule has 2 amide bonds. The number of carbonyl (C=O) groups excluding carboxylic acids is 2. The summed E-state index contributed by atoms with van der Waals surface area (Å²) in [4.78, 5) is 31.6. The number of fused-ring (bicyclic) bond motifs is 1. The van der Waals surface area contributed by atoms with Gasteiger partial charge in [0.25, 0.3) is 11.8 Å². The van der Waals surface area contributed by atoms with E-state index in [0.29, 0.717) is 17.4 Å². The largest absolute Gasteiger partial charge is 0.496 e. The van der Waals surface area contributed by atoms with Crippen LogP contribution in [0.3, 0.4) is 0 Å². The first-order valence-electron chi connectivity index (χ1n) is 13.0. The Balaban J connectivity index is 1.55. The quantitative estimate of drug-likeness (QED) is 0.305. The Morgan fingerprint density at radius 3 is 2.51 bits per heavy atom. The zero-order chi connectivity index (χ0) is 29.3. The molecule has 11 heteroatoms. The van der Waals surface area contributed by atoms with Gasteiger partial charge in [0, 0.05) is 30.4 Å². The van der Waals surface area contributed by atoms with Crippen LogP contribution in [0, 0.1) is 0 Å². The number of halogens is 3. The van der Waals surface area contributed by atoms with Crippen LogP contribution in [0.4, 0.5) is 8.78 Å². The molecule has 7 nitrogen and oxygen atoms in total. The van der Waals surface area contributed by atoms with E-state index in [1.807, 2.05) is 19.2 Å². The Labute approximate surface area is 245 Å². The molecular weight excluding hydrogens is 570 g/mol. The maximum Gasteiger partial charge on any atom is 0.267 e. The highest BCUT2D eigenvalue weighted by atomic mass is 35.5. The SMILES string of the molecule is CNC1CCC(N(Cc2cc(-c3ccnc(C(N)=O)c3)ccc2OC)C(=O)c2sc3c(c2Cl)C(F)=C=C=C3F)CC1. The summed E-state index contributed by atoms with van der Waals surface area (Å²) < 4.78 is 34.7. The van der Waals surface area contributed by atoms with Crippen molar-refractivity contribution in [2.45, 2.75) is 44.3 Å². The molecule has 1 fully saturated rings. The molecule has 0 unspecified atom stereocenters. The second-order valence-electron chi connectivity index (χ2n) is 9.88. The third-order valence-corrected chi connectivity index (χ3v) is 9.18. The molecule has 0 bridgehead atoms. The van der Waals surface area contributed by atoms with Crippen molar-refractivity contribution in [3.63, 3.8) is 0 Å². The number of hydrogen-bond acceptors (Lipinski definition) is 6. The Hall–Kier alpha value is -3.78. The molecule has 2 aromatic heterocycles. The lowest BCUT2D eigenvalue weighted by molar-refractivity contribution is 0.0604. The fraction of sp³-hybridized carbons (Fsp3) is 0.300. The zero-order valence-electron chi connectivity index (χ0n) is 22.4. The normalized spacial score (nSPS) is 17.9. The van der Waals surface area contributed by atoms with Crippen molar-refractivity contribution in [1.29, 1.82) is 0 Å². The van der Waals surface area contributed by atoms with E-state index in [2.05, 4.69) is 21.8 Å². The fourth-order valence-corrected chi connectivity index (χ4v) is 6.78. The van der Waals surface area contributed by atoms with Crippen molar-refractivity contribution < 1.29 is 23.1 Å². The molecule has 0 aliphatic heterocycles. The molecule has 3 N–H and O–H groups in total. The summed E-state index contributed by atoms with van der Waals surface area (Å²) >= 11 is 7.32. The average Bonchev–Trinajstić information content (AvgIpc) is 3.35. The van der Waals surface area contributed by atoms with Crippen LogP contribution in [0.1, 0.15) is 61.8 Å². The highest BCUT2D eigenvalue weighted by Crippen LogP contribution is 2.44. The summed E-state index contributed by atoms with van der Waals surface area (Å²) in [6, 6.07) is 9.07. The van der Waals surface area contributed by atoms with Gasteiger partial charge < -0.3 is 20.7 Å². The first kappa shape index (κ1) is 28.7. The summed E-state index contributed by atoms with van der Waals surface area (Å²) in [7, 11) is 3.46. The predicted molar refractivity (Wildman–Crippen MR) is 155 cm³/mol. The monoisotopic (exact) mass is 596 g/mol. The molecule has 0 atom stereocenters. The smallest absolute Gasteiger partial charge is 0.267 e. The first-order chi connectivity index (χ1) is 19.7. The van der Waals surface area contributed by atoms with E-state index in [1.165, 1.54) is 6.20 Å². The minimum Gasteiger partial charge on any atom is -0.496 e. The van der Waals surface area contributed by atoms with Crippen molar-refractivity contribution in [2.24, 2.45) is 5.73 Å². The van der Waals surface area contributed by atoms with Crippen molar-refractivity contribution in [3.8, 4) is 16.9 Å². The number of nitrogens with one attached hydrogen (secondary N) is 1. The summed E-state index contributed by atoms with van der Waals surface area (Å²) in [6.45, 7) is 0.159. The van der Waals surface area contributed by atoms with Crippen LogP contribution < -0.4 is 15.8 Å². The number of hydrogen-bond donors (Lipinski definition) is 2. The molecule has 1 saturated carbocycles.